The summed E-state index contributed by atoms with van der Waals surface area (Å²) < 4.78 is 0. The number of unbranched alkanes of at least 4 members (excludes halogenated alkanes) is 7. The molecule has 4 nitrogen and oxygen atoms in total. The molecule has 21 heavy (non-hydrogen) atoms. The lowest BCUT2D eigenvalue weighted by Gasteiger charge is -2.06. The van der Waals surface area contributed by atoms with Gasteiger partial charge in [0.25, 0.3) is 5.91 Å². The highest BCUT2D eigenvalue weighted by Crippen LogP contribution is 2.15. The number of rotatable bonds is 10. The molecule has 0 aliphatic carbocycles. The third-order valence-corrected chi connectivity index (χ3v) is 3.74. The zero-order valence-corrected chi connectivity index (χ0v) is 14.0. The van der Waals surface area contributed by atoms with Gasteiger partial charge in [0.1, 0.15) is 0 Å². The molecular formula is C15H23Cl2N3O. The Morgan fingerprint density at radius 2 is 1.67 bits per heavy atom. The number of halogens is 2. The van der Waals surface area contributed by atoms with Gasteiger partial charge in [0.15, 0.2) is 10.3 Å². The van der Waals surface area contributed by atoms with Crippen molar-refractivity contribution in [2.45, 2.75) is 58.3 Å². The molecule has 0 bridgehead atoms. The SMILES string of the molecule is CCCCCCCCCCNC(=O)c1cc(Cl)nnc1Cl. The fraction of sp³-hybridized carbons (Fsp3) is 0.667. The predicted octanol–water partition coefficient (Wildman–Crippen LogP) is 4.65. The van der Waals surface area contributed by atoms with E-state index < -0.39 is 0 Å². The van der Waals surface area contributed by atoms with Crippen LogP contribution in [0.25, 0.3) is 0 Å². The first-order valence-electron chi connectivity index (χ1n) is 7.62. The molecule has 1 aromatic heterocycles. The summed E-state index contributed by atoms with van der Waals surface area (Å²) in [6.45, 7) is 2.87. The van der Waals surface area contributed by atoms with E-state index in [9.17, 15) is 4.79 Å². The Morgan fingerprint density at radius 3 is 2.33 bits per heavy atom. The molecule has 118 valence electrons. The van der Waals surface area contributed by atoms with E-state index in [1.54, 1.807) is 0 Å². The normalized spacial score (nSPS) is 10.6. The Balaban J connectivity index is 2.12. The molecule has 0 saturated heterocycles. The van der Waals surface area contributed by atoms with Gasteiger partial charge in [-0.15, -0.1) is 10.2 Å². The fourth-order valence-corrected chi connectivity index (χ4v) is 2.39. The molecule has 0 aliphatic heterocycles. The molecule has 0 fully saturated rings. The van der Waals surface area contributed by atoms with Gasteiger partial charge in [-0.1, -0.05) is 75.1 Å². The number of carbonyl (C=O) groups excluding carboxylic acids is 1. The molecule has 1 amide bonds. The second kappa shape index (κ2) is 10.8. The van der Waals surface area contributed by atoms with E-state index in [2.05, 4.69) is 22.4 Å². The minimum atomic E-state index is -0.250. The van der Waals surface area contributed by atoms with E-state index in [1.165, 1.54) is 44.6 Å². The van der Waals surface area contributed by atoms with Crippen molar-refractivity contribution in [3.05, 3.63) is 21.9 Å². The zero-order chi connectivity index (χ0) is 15.5. The van der Waals surface area contributed by atoms with Crippen LogP contribution in [0.4, 0.5) is 0 Å². The van der Waals surface area contributed by atoms with E-state index in [1.807, 2.05) is 0 Å². The van der Waals surface area contributed by atoms with Crippen molar-refractivity contribution >= 4 is 29.1 Å². The minimum absolute atomic E-state index is 0.0767. The number of nitrogens with zero attached hydrogens (tertiary/aromatic N) is 2. The van der Waals surface area contributed by atoms with Crippen molar-refractivity contribution in [3.63, 3.8) is 0 Å². The Hall–Kier alpha value is -0.870. The number of hydrogen-bond acceptors (Lipinski definition) is 3. The molecule has 0 unspecified atom stereocenters. The average Bonchev–Trinajstić information content (AvgIpc) is 2.48. The number of amides is 1. The summed E-state index contributed by atoms with van der Waals surface area (Å²) in [6.07, 6.45) is 9.88. The van der Waals surface area contributed by atoms with Crippen LogP contribution in [0.15, 0.2) is 6.07 Å². The van der Waals surface area contributed by atoms with Crippen LogP contribution in [0.2, 0.25) is 10.3 Å². The van der Waals surface area contributed by atoms with Gasteiger partial charge in [0, 0.05) is 6.54 Å². The van der Waals surface area contributed by atoms with E-state index >= 15 is 0 Å². The van der Waals surface area contributed by atoms with Crippen LogP contribution < -0.4 is 5.32 Å². The van der Waals surface area contributed by atoms with Crippen molar-refractivity contribution in [3.8, 4) is 0 Å². The molecule has 0 radical (unpaired) electrons. The lowest BCUT2D eigenvalue weighted by Crippen LogP contribution is -2.25. The summed E-state index contributed by atoms with van der Waals surface area (Å²) in [5.74, 6) is -0.250. The van der Waals surface area contributed by atoms with Gasteiger partial charge in [-0.3, -0.25) is 4.79 Å². The summed E-state index contributed by atoms with van der Waals surface area (Å²) >= 11 is 11.5. The molecule has 1 N–H and O–H groups in total. The highest BCUT2D eigenvalue weighted by atomic mass is 35.5. The number of carbonyl (C=O) groups is 1. The van der Waals surface area contributed by atoms with Crippen LogP contribution in [-0.2, 0) is 0 Å². The van der Waals surface area contributed by atoms with Gasteiger partial charge in [-0.05, 0) is 12.5 Å². The molecule has 1 aromatic rings. The summed E-state index contributed by atoms with van der Waals surface area (Å²) in [7, 11) is 0. The summed E-state index contributed by atoms with van der Waals surface area (Å²) in [6, 6.07) is 1.43. The van der Waals surface area contributed by atoms with E-state index in [-0.39, 0.29) is 21.8 Å². The smallest absolute Gasteiger partial charge is 0.254 e. The Bertz CT molecular complexity index is 441. The second-order valence-electron chi connectivity index (χ2n) is 5.10. The van der Waals surface area contributed by atoms with Crippen molar-refractivity contribution in [1.29, 1.82) is 0 Å². The lowest BCUT2D eigenvalue weighted by molar-refractivity contribution is 0.0952. The monoisotopic (exact) mass is 331 g/mol. The predicted molar refractivity (Wildman–Crippen MR) is 87.0 cm³/mol. The maximum atomic E-state index is 11.9. The standard InChI is InChI=1S/C15H23Cl2N3O/c1-2-3-4-5-6-7-8-9-10-18-15(21)12-11-13(16)19-20-14(12)17/h11H,2-10H2,1H3,(H,18,21). The van der Waals surface area contributed by atoms with E-state index in [0.29, 0.717) is 6.54 Å². The first-order chi connectivity index (χ1) is 10.1. The van der Waals surface area contributed by atoms with E-state index in [0.717, 1.165) is 12.8 Å². The summed E-state index contributed by atoms with van der Waals surface area (Å²) in [5, 5.41) is 10.3. The molecular weight excluding hydrogens is 309 g/mol. The first kappa shape index (κ1) is 18.2. The summed E-state index contributed by atoms with van der Waals surface area (Å²) in [5.41, 5.74) is 0.274. The van der Waals surface area contributed by atoms with Gasteiger partial charge in [0.2, 0.25) is 0 Å². The largest absolute Gasteiger partial charge is 0.352 e. The Morgan fingerprint density at radius 1 is 1.05 bits per heavy atom. The van der Waals surface area contributed by atoms with Crippen LogP contribution in [0.5, 0.6) is 0 Å². The minimum Gasteiger partial charge on any atom is -0.352 e. The van der Waals surface area contributed by atoms with Gasteiger partial charge >= 0.3 is 0 Å². The quantitative estimate of drug-likeness (QED) is 0.634. The molecule has 0 spiro atoms. The number of aromatic nitrogens is 2. The first-order valence-corrected chi connectivity index (χ1v) is 8.37. The van der Waals surface area contributed by atoms with Crippen LogP contribution >= 0.6 is 23.2 Å². The summed E-state index contributed by atoms with van der Waals surface area (Å²) in [4.78, 5) is 11.9. The maximum absolute atomic E-state index is 11.9. The molecule has 1 heterocycles. The van der Waals surface area contributed by atoms with Gasteiger partial charge < -0.3 is 5.32 Å². The second-order valence-corrected chi connectivity index (χ2v) is 5.85. The molecule has 0 atom stereocenters. The third-order valence-electron chi connectivity index (χ3n) is 3.28. The van der Waals surface area contributed by atoms with E-state index in [4.69, 9.17) is 23.2 Å². The zero-order valence-electron chi connectivity index (χ0n) is 12.5. The number of nitrogens with one attached hydrogen (secondary N) is 1. The third kappa shape index (κ3) is 7.63. The Kier molecular flexibility index (Phi) is 9.35. The maximum Gasteiger partial charge on any atom is 0.254 e. The van der Waals surface area contributed by atoms with Crippen molar-refractivity contribution in [2.24, 2.45) is 0 Å². The average molecular weight is 332 g/mol. The van der Waals surface area contributed by atoms with Crippen molar-refractivity contribution in [1.82, 2.24) is 15.5 Å². The van der Waals surface area contributed by atoms with Crippen LogP contribution in [0.3, 0.4) is 0 Å². The molecule has 0 saturated carbocycles. The van der Waals surface area contributed by atoms with Crippen LogP contribution in [0, 0.1) is 0 Å². The van der Waals surface area contributed by atoms with Gasteiger partial charge in [-0.25, -0.2) is 0 Å². The molecule has 6 heteroatoms. The number of hydrogen-bond donors (Lipinski definition) is 1. The highest BCUT2D eigenvalue weighted by molar-refractivity contribution is 6.34. The van der Waals surface area contributed by atoms with Crippen LogP contribution in [0.1, 0.15) is 68.6 Å². The lowest BCUT2D eigenvalue weighted by atomic mass is 10.1. The molecule has 0 aromatic carbocycles. The fourth-order valence-electron chi connectivity index (χ4n) is 2.07. The van der Waals surface area contributed by atoms with Crippen LogP contribution in [-0.4, -0.2) is 22.6 Å². The topological polar surface area (TPSA) is 54.9 Å². The van der Waals surface area contributed by atoms with Gasteiger partial charge in [0.05, 0.1) is 5.56 Å². The highest BCUT2D eigenvalue weighted by Gasteiger charge is 2.12. The van der Waals surface area contributed by atoms with Crippen molar-refractivity contribution in [2.75, 3.05) is 6.54 Å². The molecule has 0 aliphatic rings. The Labute approximate surface area is 136 Å². The molecule has 1 rings (SSSR count). The van der Waals surface area contributed by atoms with Gasteiger partial charge in [-0.2, -0.15) is 0 Å². The van der Waals surface area contributed by atoms with Crippen molar-refractivity contribution < 1.29 is 4.79 Å².